The highest BCUT2D eigenvalue weighted by molar-refractivity contribution is 9.10. The normalized spacial score (nSPS) is 27.6. The summed E-state index contributed by atoms with van der Waals surface area (Å²) in [7, 11) is 3.47. The zero-order valence-corrected chi connectivity index (χ0v) is 29.7. The Morgan fingerprint density at radius 1 is 1.12 bits per heavy atom. The summed E-state index contributed by atoms with van der Waals surface area (Å²) in [6, 6.07) is 8.46. The van der Waals surface area contributed by atoms with Crippen molar-refractivity contribution in [3.63, 3.8) is 0 Å². The van der Waals surface area contributed by atoms with Gasteiger partial charge in [0.1, 0.15) is 24.2 Å². The van der Waals surface area contributed by atoms with Gasteiger partial charge in [-0.05, 0) is 69.0 Å². The van der Waals surface area contributed by atoms with E-state index in [9.17, 15) is 9.18 Å². The molecule has 0 aliphatic carbocycles. The molecule has 11 nitrogen and oxygen atoms in total. The van der Waals surface area contributed by atoms with Gasteiger partial charge in [-0.1, -0.05) is 22.0 Å². The van der Waals surface area contributed by atoms with E-state index >= 15 is 0 Å². The first-order valence-corrected chi connectivity index (χ1v) is 17.8. The standard InChI is InChI=1S/C35H43BrFN7O4/c1-33(2)35(27-13-23(36)8-7-22(27)19-47-33)16-29-26(20-48-35)30(39-32(38-29)46-21-34-9-5-11-43(34)17-24(37)15-34)42-10-6-12-44-25(18-42)14-28(40-44)31(45)41(3)4/h7-8,13-14,24H,5-6,9-12,15-21H2,1-4H3/t24-,34+,35?/m1/s1. The number of carbonyl (C=O) groups is 1. The molecule has 7 heterocycles. The minimum absolute atomic E-state index is 0.122. The SMILES string of the molecule is CN(C)C(=O)c1cc2n(n1)CCCN(c1nc(OC[C@@]34CCCN3C[C@H](F)C4)nc3c1COC1(C3)c3cc(Br)ccc3COC1(C)C)C2. The van der Waals surface area contributed by atoms with Gasteiger partial charge in [0.05, 0.1) is 42.3 Å². The van der Waals surface area contributed by atoms with Gasteiger partial charge in [-0.2, -0.15) is 15.1 Å². The number of amides is 1. The van der Waals surface area contributed by atoms with Crippen LogP contribution in [-0.2, 0) is 47.8 Å². The second-order valence-electron chi connectivity index (χ2n) is 14.7. The zero-order valence-electron chi connectivity index (χ0n) is 28.1. The van der Waals surface area contributed by atoms with E-state index in [1.165, 1.54) is 0 Å². The first-order valence-electron chi connectivity index (χ1n) is 17.0. The molecule has 2 aromatic heterocycles. The average molecular weight is 725 g/mol. The molecule has 1 aromatic carbocycles. The van der Waals surface area contributed by atoms with Crippen LogP contribution in [0.2, 0.25) is 0 Å². The minimum Gasteiger partial charge on any atom is -0.461 e. The molecule has 0 N–H and O–H groups in total. The van der Waals surface area contributed by atoms with E-state index in [1.54, 1.807) is 19.0 Å². The molecule has 2 fully saturated rings. The second-order valence-corrected chi connectivity index (χ2v) is 15.6. The van der Waals surface area contributed by atoms with E-state index in [-0.39, 0.29) is 11.4 Å². The highest BCUT2D eigenvalue weighted by atomic mass is 79.9. The van der Waals surface area contributed by atoms with Crippen molar-refractivity contribution in [3.8, 4) is 6.01 Å². The molecule has 0 saturated carbocycles. The number of carbonyl (C=O) groups excluding carboxylic acids is 1. The number of rotatable bonds is 5. The Morgan fingerprint density at radius 2 is 1.98 bits per heavy atom. The third-order valence-electron chi connectivity index (χ3n) is 11.2. The Bertz CT molecular complexity index is 1770. The Labute approximate surface area is 288 Å². The van der Waals surface area contributed by atoms with Crippen LogP contribution in [0.15, 0.2) is 28.7 Å². The number of benzene rings is 1. The van der Waals surface area contributed by atoms with Crippen molar-refractivity contribution < 1.29 is 23.4 Å². The Kier molecular flexibility index (Phi) is 7.85. The molecule has 3 atom stereocenters. The quantitative estimate of drug-likeness (QED) is 0.369. The molecule has 1 spiro atoms. The summed E-state index contributed by atoms with van der Waals surface area (Å²) < 4.78 is 37.5. The Morgan fingerprint density at radius 3 is 2.81 bits per heavy atom. The van der Waals surface area contributed by atoms with Crippen LogP contribution >= 0.6 is 15.9 Å². The number of aryl methyl sites for hydroxylation is 1. The van der Waals surface area contributed by atoms with Gasteiger partial charge in [-0.3, -0.25) is 14.4 Å². The van der Waals surface area contributed by atoms with Crippen LogP contribution < -0.4 is 9.64 Å². The van der Waals surface area contributed by atoms with Gasteiger partial charge in [0.2, 0.25) is 0 Å². The van der Waals surface area contributed by atoms with Crippen LogP contribution in [0.4, 0.5) is 10.2 Å². The van der Waals surface area contributed by atoms with E-state index < -0.39 is 17.4 Å². The van der Waals surface area contributed by atoms with Gasteiger partial charge >= 0.3 is 6.01 Å². The minimum atomic E-state index is -0.843. The Hall–Kier alpha value is -3.13. The summed E-state index contributed by atoms with van der Waals surface area (Å²) in [5.74, 6) is 0.641. The summed E-state index contributed by atoms with van der Waals surface area (Å²) in [6.07, 6.45) is 2.87. The predicted octanol–water partition coefficient (Wildman–Crippen LogP) is 4.78. The molecule has 1 amide bonds. The molecule has 256 valence electrons. The molecule has 5 aliphatic heterocycles. The lowest BCUT2D eigenvalue weighted by atomic mass is 9.71. The van der Waals surface area contributed by atoms with Gasteiger partial charge in [0.15, 0.2) is 5.69 Å². The van der Waals surface area contributed by atoms with E-state index in [0.717, 1.165) is 70.7 Å². The number of alkyl halides is 1. The third kappa shape index (κ3) is 5.23. The maximum atomic E-state index is 14.6. The lowest BCUT2D eigenvalue weighted by molar-refractivity contribution is -0.228. The van der Waals surface area contributed by atoms with Crippen molar-refractivity contribution in [1.82, 2.24) is 29.5 Å². The van der Waals surface area contributed by atoms with Crippen molar-refractivity contribution in [3.05, 3.63) is 62.5 Å². The van der Waals surface area contributed by atoms with E-state index in [0.29, 0.717) is 64.0 Å². The lowest BCUT2D eigenvalue weighted by Gasteiger charge is -2.52. The summed E-state index contributed by atoms with van der Waals surface area (Å²) in [4.78, 5) is 29.0. The first-order chi connectivity index (χ1) is 23.0. The zero-order chi connectivity index (χ0) is 33.4. The molecular weight excluding hydrogens is 681 g/mol. The van der Waals surface area contributed by atoms with E-state index in [4.69, 9.17) is 24.2 Å². The number of fused-ring (bicyclic) bond motifs is 5. The molecular formula is C35H43BrFN7O4. The lowest BCUT2D eigenvalue weighted by Crippen LogP contribution is -2.57. The highest BCUT2D eigenvalue weighted by Crippen LogP contribution is 2.51. The topological polar surface area (TPSA) is 98.1 Å². The van der Waals surface area contributed by atoms with Crippen LogP contribution in [0.3, 0.4) is 0 Å². The van der Waals surface area contributed by atoms with Gasteiger partial charge in [0.25, 0.3) is 5.91 Å². The van der Waals surface area contributed by atoms with Crippen molar-refractivity contribution in [2.75, 3.05) is 45.2 Å². The van der Waals surface area contributed by atoms with Gasteiger partial charge in [0, 0.05) is 56.6 Å². The second kappa shape index (κ2) is 11.7. The summed E-state index contributed by atoms with van der Waals surface area (Å²) in [5.41, 5.74) is 3.61. The van der Waals surface area contributed by atoms with Crippen LogP contribution in [-0.4, -0.2) is 93.1 Å². The van der Waals surface area contributed by atoms with E-state index in [2.05, 4.69) is 56.8 Å². The van der Waals surface area contributed by atoms with Gasteiger partial charge in [-0.15, -0.1) is 0 Å². The summed E-state index contributed by atoms with van der Waals surface area (Å²) in [6.45, 7) is 8.63. The van der Waals surface area contributed by atoms with Crippen LogP contribution in [0.1, 0.15) is 78.1 Å². The maximum Gasteiger partial charge on any atom is 0.318 e. The Balaban J connectivity index is 1.19. The van der Waals surface area contributed by atoms with Crippen molar-refractivity contribution in [2.24, 2.45) is 0 Å². The number of anilines is 1. The van der Waals surface area contributed by atoms with Gasteiger partial charge < -0.3 is 24.0 Å². The molecule has 0 radical (unpaired) electrons. The number of hydrogen-bond acceptors (Lipinski definition) is 9. The molecule has 13 heteroatoms. The first kappa shape index (κ1) is 32.1. The number of hydrogen-bond donors (Lipinski definition) is 0. The number of halogens is 2. The summed E-state index contributed by atoms with van der Waals surface area (Å²) >= 11 is 3.69. The molecule has 48 heavy (non-hydrogen) atoms. The molecule has 3 aromatic rings. The number of ether oxygens (including phenoxy) is 3. The highest BCUT2D eigenvalue weighted by Gasteiger charge is 2.55. The van der Waals surface area contributed by atoms with E-state index in [1.807, 2.05) is 16.8 Å². The third-order valence-corrected chi connectivity index (χ3v) is 11.7. The monoisotopic (exact) mass is 723 g/mol. The molecule has 1 unspecified atom stereocenters. The smallest absolute Gasteiger partial charge is 0.318 e. The number of aromatic nitrogens is 4. The fourth-order valence-electron chi connectivity index (χ4n) is 8.53. The van der Waals surface area contributed by atoms with Crippen LogP contribution in [0, 0.1) is 0 Å². The van der Waals surface area contributed by atoms with Crippen molar-refractivity contribution >= 4 is 27.7 Å². The molecule has 8 rings (SSSR count). The molecule has 0 bridgehead atoms. The maximum absolute atomic E-state index is 14.6. The number of nitrogens with zero attached hydrogens (tertiary/aromatic N) is 7. The van der Waals surface area contributed by atoms with Gasteiger partial charge in [-0.25, -0.2) is 4.39 Å². The van der Waals surface area contributed by atoms with Crippen LogP contribution in [0.25, 0.3) is 0 Å². The average Bonchev–Trinajstić information content (AvgIpc) is 3.68. The molecule has 2 saturated heterocycles. The predicted molar refractivity (Wildman–Crippen MR) is 180 cm³/mol. The van der Waals surface area contributed by atoms with Crippen molar-refractivity contribution in [1.29, 1.82) is 0 Å². The van der Waals surface area contributed by atoms with Crippen molar-refractivity contribution in [2.45, 2.75) is 95.2 Å². The fourth-order valence-corrected chi connectivity index (χ4v) is 8.89. The molecule has 5 aliphatic rings. The van der Waals surface area contributed by atoms with Crippen LogP contribution in [0.5, 0.6) is 6.01 Å². The fraction of sp³-hybridized carbons (Fsp3) is 0.600. The largest absolute Gasteiger partial charge is 0.461 e. The summed E-state index contributed by atoms with van der Waals surface area (Å²) in [5, 5.41) is 4.64.